The van der Waals surface area contributed by atoms with E-state index in [1.165, 1.54) is 0 Å². The predicted molar refractivity (Wildman–Crippen MR) is 133 cm³/mol. The van der Waals surface area contributed by atoms with Gasteiger partial charge in [0.15, 0.2) is 18.1 Å². The molecule has 2 unspecified atom stereocenters. The van der Waals surface area contributed by atoms with Crippen molar-refractivity contribution in [1.82, 2.24) is 9.97 Å². The van der Waals surface area contributed by atoms with E-state index in [4.69, 9.17) is 35.5 Å². The lowest BCUT2D eigenvalue weighted by atomic mass is 9.95. The Morgan fingerprint density at radius 1 is 1.17 bits per heavy atom. The van der Waals surface area contributed by atoms with Crippen molar-refractivity contribution in [2.75, 3.05) is 19.8 Å². The van der Waals surface area contributed by atoms with E-state index in [0.29, 0.717) is 29.8 Å². The number of H-pyrrole nitrogens is 1. The standard InChI is InChI=1S/C27H29ClN2O6/c1-14(2)26(32)36-21-12-34-24-20(11-33-25(21)24)35-22-10-19-18(29-22)9-17(28)23(30-19)15-3-5-16(6-4-15)27(13-31)7-8-27/h3-6,9-10,14,20-21,24-25,29,31H,7-8,11-13H2,1-2H3/t20-,21-,24?,25?/m1/s1. The average molecular weight is 513 g/mol. The third-order valence-electron chi connectivity index (χ3n) is 7.44. The minimum absolute atomic E-state index is 0.0747. The molecule has 4 heterocycles. The molecule has 2 aliphatic heterocycles. The number of fused-ring (bicyclic) bond motifs is 2. The lowest BCUT2D eigenvalue weighted by molar-refractivity contribution is -0.157. The Hall–Kier alpha value is -2.65. The highest BCUT2D eigenvalue weighted by molar-refractivity contribution is 6.33. The minimum Gasteiger partial charge on any atom is -0.470 e. The van der Waals surface area contributed by atoms with Gasteiger partial charge in [-0.05, 0) is 24.5 Å². The Bertz CT molecular complexity index is 1290. The van der Waals surface area contributed by atoms with E-state index in [9.17, 15) is 9.90 Å². The van der Waals surface area contributed by atoms with Gasteiger partial charge in [0, 0.05) is 17.0 Å². The van der Waals surface area contributed by atoms with E-state index in [1.807, 2.05) is 24.3 Å². The quantitative estimate of drug-likeness (QED) is 0.461. The van der Waals surface area contributed by atoms with Crippen molar-refractivity contribution in [3.63, 3.8) is 0 Å². The maximum absolute atomic E-state index is 12.0. The van der Waals surface area contributed by atoms with E-state index >= 15 is 0 Å². The van der Waals surface area contributed by atoms with Gasteiger partial charge in [0.1, 0.15) is 12.2 Å². The van der Waals surface area contributed by atoms with Crippen LogP contribution in [0.25, 0.3) is 22.3 Å². The van der Waals surface area contributed by atoms with E-state index < -0.39 is 6.10 Å². The Morgan fingerprint density at radius 3 is 2.53 bits per heavy atom. The number of hydrogen-bond donors (Lipinski definition) is 2. The first-order chi connectivity index (χ1) is 17.4. The molecule has 3 aromatic rings. The maximum atomic E-state index is 12.0. The summed E-state index contributed by atoms with van der Waals surface area (Å²) in [6.45, 7) is 4.40. The molecule has 0 radical (unpaired) electrons. The van der Waals surface area contributed by atoms with Gasteiger partial charge in [0.2, 0.25) is 0 Å². The van der Waals surface area contributed by atoms with Gasteiger partial charge in [-0.3, -0.25) is 4.79 Å². The van der Waals surface area contributed by atoms with Crippen molar-refractivity contribution in [3.8, 4) is 17.1 Å². The molecule has 2 N–H and O–H groups in total. The van der Waals surface area contributed by atoms with Gasteiger partial charge in [-0.15, -0.1) is 0 Å². The zero-order valence-electron chi connectivity index (χ0n) is 20.2. The zero-order chi connectivity index (χ0) is 25.0. The van der Waals surface area contributed by atoms with Gasteiger partial charge in [-0.1, -0.05) is 49.7 Å². The molecular weight excluding hydrogens is 484 g/mol. The highest BCUT2D eigenvalue weighted by atomic mass is 35.5. The zero-order valence-corrected chi connectivity index (χ0v) is 21.0. The van der Waals surface area contributed by atoms with Crippen LogP contribution in [0.1, 0.15) is 32.3 Å². The first-order valence-corrected chi connectivity index (χ1v) is 12.8. The topological polar surface area (TPSA) is 103 Å². The molecule has 36 heavy (non-hydrogen) atoms. The van der Waals surface area contributed by atoms with Crippen LogP contribution in [-0.2, 0) is 24.4 Å². The number of aliphatic hydroxyl groups is 1. The lowest BCUT2D eigenvalue weighted by Crippen LogP contribution is -2.36. The monoisotopic (exact) mass is 512 g/mol. The molecule has 0 amide bonds. The number of carbonyl (C=O) groups is 1. The molecule has 0 spiro atoms. The van der Waals surface area contributed by atoms with Gasteiger partial charge in [-0.25, -0.2) is 4.98 Å². The normalized spacial score (nSPS) is 26.4. The molecule has 6 rings (SSSR count). The van der Waals surface area contributed by atoms with E-state index in [2.05, 4.69) is 17.1 Å². The van der Waals surface area contributed by atoms with E-state index in [-0.39, 0.29) is 42.2 Å². The van der Waals surface area contributed by atoms with Crippen molar-refractivity contribution in [2.24, 2.45) is 5.92 Å². The number of esters is 1. The highest BCUT2D eigenvalue weighted by Gasteiger charge is 2.51. The van der Waals surface area contributed by atoms with Crippen LogP contribution >= 0.6 is 11.6 Å². The molecule has 9 heteroatoms. The first kappa shape index (κ1) is 23.7. The number of ether oxygens (including phenoxy) is 4. The van der Waals surface area contributed by atoms with Crippen LogP contribution in [0, 0.1) is 5.92 Å². The van der Waals surface area contributed by atoms with Gasteiger partial charge < -0.3 is 29.0 Å². The summed E-state index contributed by atoms with van der Waals surface area (Å²) in [4.78, 5) is 20.0. The molecule has 3 fully saturated rings. The van der Waals surface area contributed by atoms with Crippen LogP contribution in [0.4, 0.5) is 0 Å². The summed E-state index contributed by atoms with van der Waals surface area (Å²) in [6.07, 6.45) is 0.605. The highest BCUT2D eigenvalue weighted by Crippen LogP contribution is 2.48. The number of nitrogens with zero attached hydrogens (tertiary/aromatic N) is 1. The number of rotatable bonds is 7. The summed E-state index contributed by atoms with van der Waals surface area (Å²) < 4.78 is 23.5. The molecule has 1 aliphatic carbocycles. The maximum Gasteiger partial charge on any atom is 0.308 e. The number of aromatic nitrogens is 2. The van der Waals surface area contributed by atoms with Crippen LogP contribution in [0.2, 0.25) is 5.02 Å². The molecule has 2 saturated heterocycles. The minimum atomic E-state index is -0.428. The molecule has 190 valence electrons. The number of benzene rings is 1. The number of halogens is 1. The molecule has 8 nitrogen and oxygen atoms in total. The lowest BCUT2D eigenvalue weighted by Gasteiger charge is -2.18. The fraction of sp³-hybridized carbons (Fsp3) is 0.481. The molecule has 1 aromatic carbocycles. The number of carbonyl (C=O) groups excluding carboxylic acids is 1. The largest absolute Gasteiger partial charge is 0.470 e. The van der Waals surface area contributed by atoms with Gasteiger partial charge in [-0.2, -0.15) is 0 Å². The summed E-state index contributed by atoms with van der Waals surface area (Å²) in [7, 11) is 0. The number of nitrogens with one attached hydrogen (secondary N) is 1. The Labute approximate surface area is 213 Å². The second kappa shape index (κ2) is 9.03. The van der Waals surface area contributed by atoms with Crippen molar-refractivity contribution in [3.05, 3.63) is 47.0 Å². The molecule has 3 aliphatic rings. The van der Waals surface area contributed by atoms with Crippen LogP contribution in [-0.4, -0.2) is 65.3 Å². The molecule has 4 atom stereocenters. The second-order valence-electron chi connectivity index (χ2n) is 10.3. The summed E-state index contributed by atoms with van der Waals surface area (Å²) in [6, 6.07) is 11.8. The fourth-order valence-electron chi connectivity index (χ4n) is 5.02. The predicted octanol–water partition coefficient (Wildman–Crippen LogP) is 4.02. The summed E-state index contributed by atoms with van der Waals surface area (Å²) in [5, 5.41) is 10.2. The van der Waals surface area contributed by atoms with Crippen LogP contribution in [0.5, 0.6) is 5.88 Å². The number of hydrogen-bond acceptors (Lipinski definition) is 7. The van der Waals surface area contributed by atoms with Gasteiger partial charge in [0.05, 0.1) is 47.5 Å². The SMILES string of the molecule is CC(C)C(=O)O[C@@H]1COC2C1OC[C@H]2Oc1cc2nc(-c3ccc(C4(CO)CC4)cc3)c(Cl)cc2[nH]1. The van der Waals surface area contributed by atoms with Gasteiger partial charge in [0.25, 0.3) is 0 Å². The number of pyridine rings is 1. The third kappa shape index (κ3) is 4.16. The molecule has 1 saturated carbocycles. The van der Waals surface area contributed by atoms with Crippen LogP contribution < -0.4 is 4.74 Å². The van der Waals surface area contributed by atoms with Crippen molar-refractivity contribution < 1.29 is 28.8 Å². The van der Waals surface area contributed by atoms with E-state index in [1.54, 1.807) is 13.8 Å². The van der Waals surface area contributed by atoms with E-state index in [0.717, 1.165) is 35.0 Å². The molecule has 2 aromatic heterocycles. The van der Waals surface area contributed by atoms with Crippen molar-refractivity contribution in [2.45, 2.75) is 56.5 Å². The summed E-state index contributed by atoms with van der Waals surface area (Å²) in [5.74, 6) is 0.0724. The van der Waals surface area contributed by atoms with Crippen molar-refractivity contribution >= 4 is 28.6 Å². The molecule has 0 bridgehead atoms. The Morgan fingerprint density at radius 2 is 1.86 bits per heavy atom. The Kier molecular flexibility index (Phi) is 5.95. The Balaban J connectivity index is 1.17. The van der Waals surface area contributed by atoms with Crippen molar-refractivity contribution in [1.29, 1.82) is 0 Å². The summed E-state index contributed by atoms with van der Waals surface area (Å²) in [5.41, 5.74) is 4.17. The number of aromatic amines is 1. The average Bonchev–Trinajstić information content (AvgIpc) is 3.19. The fourth-order valence-corrected chi connectivity index (χ4v) is 5.28. The van der Waals surface area contributed by atoms with Crippen LogP contribution in [0.3, 0.4) is 0 Å². The van der Waals surface area contributed by atoms with Gasteiger partial charge >= 0.3 is 5.97 Å². The summed E-state index contributed by atoms with van der Waals surface area (Å²) >= 11 is 6.59. The first-order valence-electron chi connectivity index (χ1n) is 12.4. The smallest absolute Gasteiger partial charge is 0.308 e. The second-order valence-corrected chi connectivity index (χ2v) is 10.7. The third-order valence-corrected chi connectivity index (χ3v) is 7.73. The molecular formula is C27H29ClN2O6. The van der Waals surface area contributed by atoms with Crippen LogP contribution in [0.15, 0.2) is 36.4 Å². The number of aliphatic hydroxyl groups excluding tert-OH is 1.